The SMILES string of the molecule is CCc1ccc(S(=O)(=O)N2CCC(Oc3ccc(C)nn3)C2)s1. The van der Waals surface area contributed by atoms with Gasteiger partial charge in [-0.1, -0.05) is 6.92 Å². The van der Waals surface area contributed by atoms with E-state index >= 15 is 0 Å². The van der Waals surface area contributed by atoms with Gasteiger partial charge in [-0.25, -0.2) is 8.42 Å². The maximum absolute atomic E-state index is 12.7. The minimum Gasteiger partial charge on any atom is -0.472 e. The summed E-state index contributed by atoms with van der Waals surface area (Å²) in [5, 5.41) is 7.91. The minimum atomic E-state index is -3.42. The van der Waals surface area contributed by atoms with Gasteiger partial charge < -0.3 is 4.74 Å². The number of thiophene rings is 1. The zero-order chi connectivity index (χ0) is 16.4. The van der Waals surface area contributed by atoms with Gasteiger partial charge in [0.05, 0.1) is 12.2 Å². The molecule has 2 aromatic heterocycles. The molecular weight excluding hydrogens is 334 g/mol. The molecule has 2 aromatic rings. The van der Waals surface area contributed by atoms with Gasteiger partial charge in [0.25, 0.3) is 10.0 Å². The Morgan fingerprint density at radius 1 is 1.30 bits per heavy atom. The van der Waals surface area contributed by atoms with Gasteiger partial charge in [0, 0.05) is 17.5 Å². The number of rotatable bonds is 5. The maximum Gasteiger partial charge on any atom is 0.252 e. The summed E-state index contributed by atoms with van der Waals surface area (Å²) in [5.41, 5.74) is 0.817. The number of hydrogen-bond donors (Lipinski definition) is 0. The predicted octanol–water partition coefficient (Wildman–Crippen LogP) is 2.25. The highest BCUT2D eigenvalue weighted by Crippen LogP contribution is 2.28. The van der Waals surface area contributed by atoms with E-state index in [-0.39, 0.29) is 6.10 Å². The lowest BCUT2D eigenvalue weighted by molar-refractivity contribution is 0.204. The van der Waals surface area contributed by atoms with Crippen molar-refractivity contribution in [2.75, 3.05) is 13.1 Å². The lowest BCUT2D eigenvalue weighted by atomic mass is 10.3. The summed E-state index contributed by atoms with van der Waals surface area (Å²) in [7, 11) is -3.42. The standard InChI is InChI=1S/C15H19N3O3S2/c1-3-13-5-7-15(22-13)23(19,20)18-9-8-12(10-18)21-14-6-4-11(2)16-17-14/h4-7,12H,3,8-10H2,1-2H3. The molecule has 0 spiro atoms. The van der Waals surface area contributed by atoms with Crippen molar-refractivity contribution < 1.29 is 13.2 Å². The van der Waals surface area contributed by atoms with Gasteiger partial charge in [-0.2, -0.15) is 9.40 Å². The fourth-order valence-corrected chi connectivity index (χ4v) is 5.38. The summed E-state index contributed by atoms with van der Waals surface area (Å²) in [6.07, 6.45) is 1.31. The molecule has 3 rings (SSSR count). The van der Waals surface area contributed by atoms with E-state index in [1.165, 1.54) is 15.6 Å². The average molecular weight is 353 g/mol. The Morgan fingerprint density at radius 2 is 2.13 bits per heavy atom. The Kier molecular flexibility index (Phi) is 4.65. The molecule has 1 unspecified atom stereocenters. The van der Waals surface area contributed by atoms with Gasteiger partial charge in [0.15, 0.2) is 0 Å². The van der Waals surface area contributed by atoms with Crippen LogP contribution in [-0.2, 0) is 16.4 Å². The summed E-state index contributed by atoms with van der Waals surface area (Å²) in [6.45, 7) is 4.68. The number of nitrogens with zero attached hydrogens (tertiary/aromatic N) is 3. The van der Waals surface area contributed by atoms with Gasteiger partial charge in [-0.05, 0) is 38.0 Å². The summed E-state index contributed by atoms with van der Waals surface area (Å²) in [6, 6.07) is 7.15. The molecule has 1 aliphatic rings. The first-order valence-electron chi connectivity index (χ1n) is 7.55. The van der Waals surface area contributed by atoms with Crippen LogP contribution in [0.15, 0.2) is 28.5 Å². The molecule has 6 nitrogen and oxygen atoms in total. The molecule has 3 heterocycles. The predicted molar refractivity (Wildman–Crippen MR) is 88.3 cm³/mol. The van der Waals surface area contributed by atoms with Crippen LogP contribution in [0.25, 0.3) is 0 Å². The molecule has 0 N–H and O–H groups in total. The van der Waals surface area contributed by atoms with E-state index in [0.29, 0.717) is 29.6 Å². The number of hydrogen-bond acceptors (Lipinski definition) is 6. The van der Waals surface area contributed by atoms with E-state index in [0.717, 1.165) is 17.0 Å². The maximum atomic E-state index is 12.7. The summed E-state index contributed by atoms with van der Waals surface area (Å²) < 4.78 is 33.0. The topological polar surface area (TPSA) is 72.4 Å². The fraction of sp³-hybridized carbons (Fsp3) is 0.467. The first-order chi connectivity index (χ1) is 11.0. The molecule has 0 saturated carbocycles. The first kappa shape index (κ1) is 16.4. The van der Waals surface area contributed by atoms with Crippen molar-refractivity contribution in [3.63, 3.8) is 0 Å². The van der Waals surface area contributed by atoms with Crippen molar-refractivity contribution in [2.45, 2.75) is 37.0 Å². The molecule has 0 amide bonds. The normalized spacial score (nSPS) is 19.1. The van der Waals surface area contributed by atoms with Crippen molar-refractivity contribution in [3.05, 3.63) is 34.8 Å². The number of aromatic nitrogens is 2. The van der Waals surface area contributed by atoms with E-state index in [1.807, 2.05) is 26.0 Å². The van der Waals surface area contributed by atoms with Crippen LogP contribution in [0.4, 0.5) is 0 Å². The van der Waals surface area contributed by atoms with Gasteiger partial charge in [-0.3, -0.25) is 0 Å². The number of ether oxygens (including phenoxy) is 1. The summed E-state index contributed by atoms with van der Waals surface area (Å²) in [5.74, 6) is 0.434. The van der Waals surface area contributed by atoms with E-state index in [1.54, 1.807) is 12.1 Å². The van der Waals surface area contributed by atoms with Crippen molar-refractivity contribution in [2.24, 2.45) is 0 Å². The van der Waals surface area contributed by atoms with Gasteiger partial charge in [-0.15, -0.1) is 16.4 Å². The molecule has 0 radical (unpaired) electrons. The Bertz CT molecular complexity index is 772. The Morgan fingerprint density at radius 3 is 2.78 bits per heavy atom. The molecule has 0 aromatic carbocycles. The van der Waals surface area contributed by atoms with Gasteiger partial charge >= 0.3 is 0 Å². The monoisotopic (exact) mass is 353 g/mol. The molecule has 23 heavy (non-hydrogen) atoms. The molecular formula is C15H19N3O3S2. The summed E-state index contributed by atoms with van der Waals surface area (Å²) >= 11 is 1.34. The lowest BCUT2D eigenvalue weighted by Crippen LogP contribution is -2.30. The second-order valence-electron chi connectivity index (χ2n) is 5.48. The zero-order valence-electron chi connectivity index (χ0n) is 13.1. The number of sulfonamides is 1. The third kappa shape index (κ3) is 3.54. The van der Waals surface area contributed by atoms with Crippen LogP contribution < -0.4 is 4.74 Å². The van der Waals surface area contributed by atoms with Crippen molar-refractivity contribution in [1.29, 1.82) is 0 Å². The van der Waals surface area contributed by atoms with Crippen molar-refractivity contribution in [3.8, 4) is 5.88 Å². The fourth-order valence-electron chi connectivity index (χ4n) is 2.45. The smallest absolute Gasteiger partial charge is 0.252 e. The van der Waals surface area contributed by atoms with Crippen LogP contribution in [0.3, 0.4) is 0 Å². The van der Waals surface area contributed by atoms with Crippen LogP contribution in [0, 0.1) is 6.92 Å². The Balaban J connectivity index is 1.67. The molecule has 1 atom stereocenters. The highest BCUT2D eigenvalue weighted by atomic mass is 32.2. The minimum absolute atomic E-state index is 0.188. The Hall–Kier alpha value is -1.51. The molecule has 1 aliphatic heterocycles. The van der Waals surface area contributed by atoms with E-state index < -0.39 is 10.0 Å². The molecule has 1 fully saturated rings. The second-order valence-corrected chi connectivity index (χ2v) is 8.81. The van der Waals surface area contributed by atoms with Crippen LogP contribution in [-0.4, -0.2) is 42.1 Å². The summed E-state index contributed by atoms with van der Waals surface area (Å²) in [4.78, 5) is 1.07. The quantitative estimate of drug-likeness (QED) is 0.824. The van der Waals surface area contributed by atoms with Gasteiger partial charge in [0.1, 0.15) is 10.3 Å². The highest BCUT2D eigenvalue weighted by molar-refractivity contribution is 7.91. The molecule has 124 valence electrons. The lowest BCUT2D eigenvalue weighted by Gasteiger charge is -2.15. The third-order valence-corrected chi connectivity index (χ3v) is 7.31. The van der Waals surface area contributed by atoms with Crippen LogP contribution >= 0.6 is 11.3 Å². The first-order valence-corrected chi connectivity index (χ1v) is 9.80. The van der Waals surface area contributed by atoms with Crippen molar-refractivity contribution in [1.82, 2.24) is 14.5 Å². The van der Waals surface area contributed by atoms with E-state index in [4.69, 9.17) is 4.74 Å². The second kappa shape index (κ2) is 6.54. The van der Waals surface area contributed by atoms with Crippen LogP contribution in [0.1, 0.15) is 23.9 Å². The van der Waals surface area contributed by atoms with Crippen LogP contribution in [0.5, 0.6) is 5.88 Å². The van der Waals surface area contributed by atoms with E-state index in [2.05, 4.69) is 10.2 Å². The largest absolute Gasteiger partial charge is 0.472 e. The molecule has 8 heteroatoms. The molecule has 0 bridgehead atoms. The Labute approximate surface area is 140 Å². The number of aryl methyl sites for hydroxylation is 2. The van der Waals surface area contributed by atoms with Crippen LogP contribution in [0.2, 0.25) is 0 Å². The zero-order valence-corrected chi connectivity index (χ0v) is 14.7. The van der Waals surface area contributed by atoms with Gasteiger partial charge in [0.2, 0.25) is 5.88 Å². The highest BCUT2D eigenvalue weighted by Gasteiger charge is 2.34. The van der Waals surface area contributed by atoms with E-state index in [9.17, 15) is 8.42 Å². The molecule has 1 saturated heterocycles. The van der Waals surface area contributed by atoms with Crippen molar-refractivity contribution >= 4 is 21.4 Å². The third-order valence-electron chi connectivity index (χ3n) is 3.75. The average Bonchev–Trinajstić information content (AvgIpc) is 3.19. The molecule has 0 aliphatic carbocycles.